The Hall–Kier alpha value is -2.58. The zero-order chi connectivity index (χ0) is 11.8. The molecule has 0 fully saturated rings. The third kappa shape index (κ3) is 3.48. The molecule has 0 spiro atoms. The smallest absolute Gasteiger partial charge is 0.0928 e. The Kier molecular flexibility index (Phi) is 3.92. The second-order valence-electron chi connectivity index (χ2n) is 2.91. The molecule has 2 aromatic rings. The van der Waals surface area contributed by atoms with E-state index in [1.165, 1.54) is 0 Å². The van der Waals surface area contributed by atoms with Gasteiger partial charge in [-0.05, 0) is 53.9 Å². The van der Waals surface area contributed by atoms with Gasteiger partial charge in [-0.3, -0.25) is 0 Å². The Morgan fingerprint density at radius 1 is 0.765 bits per heavy atom. The molecule has 0 bridgehead atoms. The standard InChI is InChI=1S/C16H6S/c1-2-4-6-8-10-12-16-15(13-14-17-16)11-9-7-5-3-1/h5-8,13-14H. The van der Waals surface area contributed by atoms with Gasteiger partial charge in [0.25, 0.3) is 0 Å². The van der Waals surface area contributed by atoms with E-state index in [-0.39, 0.29) is 0 Å². The van der Waals surface area contributed by atoms with E-state index in [0.29, 0.717) is 0 Å². The van der Waals surface area contributed by atoms with Crippen LogP contribution < -0.4 is 0 Å². The van der Waals surface area contributed by atoms with Crippen LogP contribution in [0.1, 0.15) is 0 Å². The monoisotopic (exact) mass is 230 g/mol. The van der Waals surface area contributed by atoms with E-state index >= 15 is 0 Å². The summed E-state index contributed by atoms with van der Waals surface area (Å²) in [6.45, 7) is 0. The van der Waals surface area contributed by atoms with Crippen molar-refractivity contribution >= 4 is 21.4 Å². The SMILES string of the molecule is c1c#cccc#cc2sccc2c#cccc#1. The summed E-state index contributed by atoms with van der Waals surface area (Å²) in [7, 11) is 0. The normalized spacial score (nSPS) is 7.29. The fourth-order valence-corrected chi connectivity index (χ4v) is 1.76. The van der Waals surface area contributed by atoms with Crippen molar-refractivity contribution in [1.82, 2.24) is 0 Å². The van der Waals surface area contributed by atoms with Crippen LogP contribution in [-0.2, 0) is 0 Å². The molecule has 0 aliphatic carbocycles. The van der Waals surface area contributed by atoms with Crippen molar-refractivity contribution < 1.29 is 0 Å². The Morgan fingerprint density at radius 3 is 2.18 bits per heavy atom. The van der Waals surface area contributed by atoms with Crippen LogP contribution in [0.15, 0.2) is 35.7 Å². The van der Waals surface area contributed by atoms with Crippen LogP contribution in [0.25, 0.3) is 10.1 Å². The number of rotatable bonds is 0. The molecule has 76 valence electrons. The first kappa shape index (κ1) is 10.9. The second kappa shape index (κ2) is 6.10. The average Bonchev–Trinajstić information content (AvgIpc) is 2.78. The lowest BCUT2D eigenvalue weighted by molar-refractivity contribution is 1.83. The van der Waals surface area contributed by atoms with E-state index in [1.807, 2.05) is 11.4 Å². The van der Waals surface area contributed by atoms with E-state index in [0.717, 1.165) is 10.1 Å². The molecule has 1 aromatic heterocycles. The average molecular weight is 230 g/mol. The van der Waals surface area contributed by atoms with E-state index < -0.39 is 0 Å². The highest BCUT2D eigenvalue weighted by molar-refractivity contribution is 7.17. The van der Waals surface area contributed by atoms with Crippen molar-refractivity contribution in [3.05, 3.63) is 84.2 Å². The van der Waals surface area contributed by atoms with Crippen molar-refractivity contribution in [3.8, 4) is 0 Å². The van der Waals surface area contributed by atoms with Gasteiger partial charge in [-0.15, -0.1) is 11.3 Å². The van der Waals surface area contributed by atoms with Crippen LogP contribution in [0.4, 0.5) is 0 Å². The molecule has 1 heterocycles. The minimum atomic E-state index is 0.955. The van der Waals surface area contributed by atoms with Crippen molar-refractivity contribution in [2.24, 2.45) is 0 Å². The first-order valence-corrected chi connectivity index (χ1v) is 5.76. The van der Waals surface area contributed by atoms with Gasteiger partial charge in [-0.25, -0.2) is 0 Å². The third-order valence-corrected chi connectivity index (χ3v) is 2.59. The maximum atomic E-state index is 3.05. The van der Waals surface area contributed by atoms with Gasteiger partial charge in [0.1, 0.15) is 0 Å². The molecule has 0 atom stereocenters. The highest BCUT2D eigenvalue weighted by Gasteiger charge is 1.85. The fourth-order valence-electron chi connectivity index (χ4n) is 1.05. The molecule has 0 saturated carbocycles. The molecular formula is C16H6S. The molecule has 0 saturated heterocycles. The van der Waals surface area contributed by atoms with Crippen molar-refractivity contribution in [2.45, 2.75) is 0 Å². The van der Waals surface area contributed by atoms with Crippen LogP contribution >= 0.6 is 11.3 Å². The maximum Gasteiger partial charge on any atom is 0.0928 e. The highest BCUT2D eigenvalue weighted by Crippen LogP contribution is 2.13. The van der Waals surface area contributed by atoms with Gasteiger partial charge in [0.2, 0.25) is 0 Å². The van der Waals surface area contributed by atoms with Gasteiger partial charge < -0.3 is 0 Å². The van der Waals surface area contributed by atoms with Gasteiger partial charge >= 0.3 is 0 Å². The largest absolute Gasteiger partial charge is 0.134 e. The van der Waals surface area contributed by atoms with E-state index in [4.69, 9.17) is 0 Å². The minimum Gasteiger partial charge on any atom is -0.134 e. The van der Waals surface area contributed by atoms with Gasteiger partial charge in [-0.1, -0.05) is 30.3 Å². The Balaban J connectivity index is 2.58. The summed E-state index contributed by atoms with van der Waals surface area (Å²) in [5.74, 6) is 0. The summed E-state index contributed by atoms with van der Waals surface area (Å²) < 4.78 is 0.978. The summed E-state index contributed by atoms with van der Waals surface area (Å²) in [5, 5.41) is 2.94. The van der Waals surface area contributed by atoms with Crippen LogP contribution in [0.3, 0.4) is 0 Å². The predicted octanol–water partition coefficient (Wildman–Crippen LogP) is 3.55. The lowest BCUT2D eigenvalue weighted by atomic mass is 10.4. The first-order valence-electron chi connectivity index (χ1n) is 4.88. The van der Waals surface area contributed by atoms with Crippen molar-refractivity contribution in [1.29, 1.82) is 0 Å². The molecule has 1 aromatic carbocycles. The molecule has 0 radical (unpaired) electrons. The molecular weight excluding hydrogens is 224 g/mol. The second-order valence-corrected chi connectivity index (χ2v) is 3.82. The van der Waals surface area contributed by atoms with Gasteiger partial charge in [-0.2, -0.15) is 0 Å². The minimum absolute atomic E-state index is 0.955. The summed E-state index contributed by atoms with van der Waals surface area (Å²) >= 11 is 1.59. The lowest BCUT2D eigenvalue weighted by Crippen LogP contribution is -1.47. The summed E-state index contributed by atoms with van der Waals surface area (Å²) in [4.78, 5) is 0. The quantitative estimate of drug-likeness (QED) is 0.649. The van der Waals surface area contributed by atoms with Gasteiger partial charge in [0.05, 0.1) is 10.1 Å². The summed E-state index contributed by atoms with van der Waals surface area (Å²) in [6.07, 6.45) is 0. The van der Waals surface area contributed by atoms with Gasteiger partial charge in [0, 0.05) is 0 Å². The molecule has 1 heteroatoms. The number of thiophene rings is 1. The number of hydrogen-bond acceptors (Lipinski definition) is 1. The Labute approximate surface area is 106 Å². The topological polar surface area (TPSA) is 0 Å². The summed E-state index contributed by atoms with van der Waals surface area (Å²) in [6, 6.07) is 31.7. The molecule has 0 unspecified atom stereocenters. The van der Waals surface area contributed by atoms with E-state index in [9.17, 15) is 0 Å². The predicted molar refractivity (Wildman–Crippen MR) is 67.8 cm³/mol. The maximum absolute atomic E-state index is 3.05. The molecule has 2 rings (SSSR count). The van der Waals surface area contributed by atoms with Crippen LogP contribution in [0, 0.1) is 48.5 Å². The highest BCUT2D eigenvalue weighted by atomic mass is 32.1. The zero-order valence-electron chi connectivity index (χ0n) is 8.87. The number of hydrogen-bond donors (Lipinski definition) is 0. The number of fused-ring (bicyclic) bond motifs is 1. The molecule has 0 amide bonds. The van der Waals surface area contributed by atoms with Crippen molar-refractivity contribution in [2.75, 3.05) is 0 Å². The summed E-state index contributed by atoms with van der Waals surface area (Å²) in [5.41, 5.74) is 0. The molecule has 0 nitrogen and oxygen atoms in total. The first-order chi connectivity index (χ1) is 8.47. The van der Waals surface area contributed by atoms with Crippen LogP contribution in [-0.4, -0.2) is 0 Å². The lowest BCUT2D eigenvalue weighted by Gasteiger charge is -1.68. The molecule has 0 aliphatic rings. The van der Waals surface area contributed by atoms with Crippen LogP contribution in [0.2, 0.25) is 0 Å². The third-order valence-electron chi connectivity index (χ3n) is 1.76. The van der Waals surface area contributed by atoms with E-state index in [1.54, 1.807) is 35.6 Å². The zero-order valence-corrected chi connectivity index (χ0v) is 9.69. The van der Waals surface area contributed by atoms with E-state index in [2.05, 4.69) is 48.5 Å². The molecule has 17 heavy (non-hydrogen) atoms. The molecule has 0 aliphatic heterocycles. The van der Waals surface area contributed by atoms with Crippen molar-refractivity contribution in [3.63, 3.8) is 0 Å². The Morgan fingerprint density at radius 2 is 1.41 bits per heavy atom. The molecule has 0 N–H and O–H groups in total. The van der Waals surface area contributed by atoms with Gasteiger partial charge in [0.15, 0.2) is 0 Å². The fraction of sp³-hybridized carbons (Fsp3) is 0. The Bertz CT molecular complexity index is 530. The van der Waals surface area contributed by atoms with Crippen LogP contribution in [0.5, 0.6) is 0 Å².